The number of piperidine rings is 1. The van der Waals surface area contributed by atoms with Crippen LogP contribution in [-0.2, 0) is 6.54 Å². The molecule has 0 unspecified atom stereocenters. The molecular formula is C16H20N4OS. The lowest BCUT2D eigenvalue weighted by atomic mass is 9.99. The Kier molecular flexibility index (Phi) is 4.80. The van der Waals surface area contributed by atoms with E-state index in [0.717, 1.165) is 31.2 Å². The number of pyridine rings is 1. The zero-order valence-corrected chi connectivity index (χ0v) is 13.5. The highest BCUT2D eigenvalue weighted by Gasteiger charge is 2.17. The fourth-order valence-corrected chi connectivity index (χ4v) is 3.26. The molecule has 1 N–H and O–H groups in total. The third kappa shape index (κ3) is 3.90. The Bertz CT molecular complexity index is 620. The van der Waals surface area contributed by atoms with Crippen molar-refractivity contribution in [2.75, 3.05) is 18.4 Å². The molecule has 3 rings (SSSR count). The summed E-state index contributed by atoms with van der Waals surface area (Å²) in [4.78, 5) is 22.9. The third-order valence-electron chi connectivity index (χ3n) is 3.98. The summed E-state index contributed by atoms with van der Waals surface area (Å²) in [5.41, 5.74) is 1.63. The van der Waals surface area contributed by atoms with E-state index in [1.807, 2.05) is 5.38 Å². The van der Waals surface area contributed by atoms with E-state index in [1.165, 1.54) is 24.2 Å². The van der Waals surface area contributed by atoms with Crippen molar-refractivity contribution in [2.45, 2.75) is 26.3 Å². The Morgan fingerprint density at radius 3 is 2.82 bits per heavy atom. The van der Waals surface area contributed by atoms with Crippen LogP contribution in [-0.4, -0.2) is 33.9 Å². The monoisotopic (exact) mass is 316 g/mol. The van der Waals surface area contributed by atoms with E-state index in [1.54, 1.807) is 24.5 Å². The Labute approximate surface area is 134 Å². The van der Waals surface area contributed by atoms with Gasteiger partial charge in [0.05, 0.1) is 5.69 Å². The maximum atomic E-state index is 12.1. The summed E-state index contributed by atoms with van der Waals surface area (Å²) < 4.78 is 0. The van der Waals surface area contributed by atoms with Gasteiger partial charge in [-0.3, -0.25) is 20.0 Å². The molecule has 0 aliphatic carbocycles. The number of anilines is 1. The quantitative estimate of drug-likeness (QED) is 0.942. The molecule has 2 aromatic heterocycles. The molecule has 3 heterocycles. The van der Waals surface area contributed by atoms with Gasteiger partial charge in [-0.05, 0) is 44.0 Å². The zero-order chi connectivity index (χ0) is 15.4. The lowest BCUT2D eigenvalue weighted by molar-refractivity contribution is 0.102. The molecule has 1 aliphatic rings. The van der Waals surface area contributed by atoms with Crippen molar-refractivity contribution in [3.63, 3.8) is 0 Å². The lowest BCUT2D eigenvalue weighted by Gasteiger charge is -2.29. The van der Waals surface area contributed by atoms with E-state index in [9.17, 15) is 4.79 Å². The van der Waals surface area contributed by atoms with E-state index < -0.39 is 0 Å². The van der Waals surface area contributed by atoms with E-state index in [-0.39, 0.29) is 5.91 Å². The number of rotatable bonds is 4. The standard InChI is InChI=1S/C16H20N4OS/c1-12-4-8-20(9-5-12)10-14-11-22-16(18-14)19-15(21)13-2-6-17-7-3-13/h2-3,6-7,11-12H,4-5,8-10H2,1H3,(H,18,19,21). The summed E-state index contributed by atoms with van der Waals surface area (Å²) in [6, 6.07) is 3.39. The number of nitrogens with zero attached hydrogens (tertiary/aromatic N) is 3. The molecule has 0 bridgehead atoms. The topological polar surface area (TPSA) is 58.1 Å². The first-order valence-corrected chi connectivity index (χ1v) is 8.47. The van der Waals surface area contributed by atoms with Gasteiger partial charge in [-0.15, -0.1) is 11.3 Å². The van der Waals surface area contributed by atoms with Crippen LogP contribution in [0.5, 0.6) is 0 Å². The van der Waals surface area contributed by atoms with Gasteiger partial charge in [0.2, 0.25) is 0 Å². The fraction of sp³-hybridized carbons (Fsp3) is 0.438. The largest absolute Gasteiger partial charge is 0.298 e. The number of carbonyl (C=O) groups excluding carboxylic acids is 1. The molecule has 116 valence electrons. The highest BCUT2D eigenvalue weighted by Crippen LogP contribution is 2.21. The number of aromatic nitrogens is 2. The molecule has 5 nitrogen and oxygen atoms in total. The van der Waals surface area contributed by atoms with Gasteiger partial charge in [0.15, 0.2) is 5.13 Å². The number of amides is 1. The summed E-state index contributed by atoms with van der Waals surface area (Å²) in [7, 11) is 0. The Morgan fingerprint density at radius 2 is 2.09 bits per heavy atom. The van der Waals surface area contributed by atoms with Crippen molar-refractivity contribution in [1.29, 1.82) is 0 Å². The van der Waals surface area contributed by atoms with Gasteiger partial charge in [-0.2, -0.15) is 0 Å². The molecule has 1 fully saturated rings. The van der Waals surface area contributed by atoms with E-state index in [2.05, 4.69) is 27.1 Å². The molecule has 0 saturated carbocycles. The van der Waals surface area contributed by atoms with Crippen LogP contribution in [0.3, 0.4) is 0 Å². The van der Waals surface area contributed by atoms with Crippen LogP contribution in [0, 0.1) is 5.92 Å². The smallest absolute Gasteiger partial charge is 0.257 e. The second-order valence-electron chi connectivity index (χ2n) is 5.79. The maximum Gasteiger partial charge on any atom is 0.257 e. The number of hydrogen-bond donors (Lipinski definition) is 1. The van der Waals surface area contributed by atoms with Gasteiger partial charge in [0.1, 0.15) is 0 Å². The van der Waals surface area contributed by atoms with Gasteiger partial charge in [0, 0.05) is 29.9 Å². The van der Waals surface area contributed by atoms with Crippen molar-refractivity contribution in [1.82, 2.24) is 14.9 Å². The summed E-state index contributed by atoms with van der Waals surface area (Å²) in [5, 5.41) is 5.53. The molecule has 0 radical (unpaired) electrons. The van der Waals surface area contributed by atoms with Crippen LogP contribution >= 0.6 is 11.3 Å². The zero-order valence-electron chi connectivity index (χ0n) is 12.7. The van der Waals surface area contributed by atoms with Crippen LogP contribution in [0.15, 0.2) is 29.9 Å². The van der Waals surface area contributed by atoms with Crippen molar-refractivity contribution in [3.8, 4) is 0 Å². The first-order valence-electron chi connectivity index (χ1n) is 7.59. The van der Waals surface area contributed by atoms with Gasteiger partial charge in [-0.1, -0.05) is 6.92 Å². The SMILES string of the molecule is CC1CCN(Cc2csc(NC(=O)c3ccncc3)n2)CC1. The van der Waals surface area contributed by atoms with E-state index >= 15 is 0 Å². The van der Waals surface area contributed by atoms with E-state index in [0.29, 0.717) is 10.7 Å². The number of carbonyl (C=O) groups is 1. The summed E-state index contributed by atoms with van der Waals surface area (Å²) in [6.07, 6.45) is 5.74. The molecule has 2 aromatic rings. The summed E-state index contributed by atoms with van der Waals surface area (Å²) in [6.45, 7) is 5.45. The average molecular weight is 316 g/mol. The minimum absolute atomic E-state index is 0.143. The Balaban J connectivity index is 1.56. The summed E-state index contributed by atoms with van der Waals surface area (Å²) in [5.74, 6) is 0.692. The highest BCUT2D eigenvalue weighted by atomic mass is 32.1. The van der Waals surface area contributed by atoms with Crippen molar-refractivity contribution in [2.24, 2.45) is 5.92 Å². The normalized spacial score (nSPS) is 16.6. The number of nitrogens with one attached hydrogen (secondary N) is 1. The molecular weight excluding hydrogens is 296 g/mol. The van der Waals surface area contributed by atoms with Crippen LogP contribution < -0.4 is 5.32 Å². The Morgan fingerprint density at radius 1 is 1.36 bits per heavy atom. The lowest BCUT2D eigenvalue weighted by Crippen LogP contribution is -2.32. The number of hydrogen-bond acceptors (Lipinski definition) is 5. The van der Waals surface area contributed by atoms with Crippen LogP contribution in [0.2, 0.25) is 0 Å². The summed E-state index contributed by atoms with van der Waals surface area (Å²) >= 11 is 1.48. The van der Waals surface area contributed by atoms with Crippen LogP contribution in [0.25, 0.3) is 0 Å². The van der Waals surface area contributed by atoms with Gasteiger partial charge < -0.3 is 0 Å². The second-order valence-corrected chi connectivity index (χ2v) is 6.65. The number of thiazole rings is 1. The van der Waals surface area contributed by atoms with Gasteiger partial charge >= 0.3 is 0 Å². The minimum atomic E-state index is -0.143. The molecule has 1 saturated heterocycles. The predicted molar refractivity (Wildman–Crippen MR) is 88.0 cm³/mol. The average Bonchev–Trinajstić information content (AvgIpc) is 2.97. The van der Waals surface area contributed by atoms with E-state index in [4.69, 9.17) is 0 Å². The Hall–Kier alpha value is -1.79. The molecule has 0 aromatic carbocycles. The molecule has 0 spiro atoms. The maximum absolute atomic E-state index is 12.1. The second kappa shape index (κ2) is 6.98. The molecule has 1 amide bonds. The molecule has 0 atom stereocenters. The molecule has 1 aliphatic heterocycles. The van der Waals surface area contributed by atoms with Crippen molar-refractivity contribution < 1.29 is 4.79 Å². The third-order valence-corrected chi connectivity index (χ3v) is 4.78. The molecule has 22 heavy (non-hydrogen) atoms. The van der Waals surface area contributed by atoms with Gasteiger partial charge in [0.25, 0.3) is 5.91 Å². The first-order chi connectivity index (χ1) is 10.7. The van der Waals surface area contributed by atoms with Gasteiger partial charge in [-0.25, -0.2) is 4.98 Å². The molecule has 6 heteroatoms. The number of likely N-dealkylation sites (tertiary alicyclic amines) is 1. The minimum Gasteiger partial charge on any atom is -0.298 e. The highest BCUT2D eigenvalue weighted by molar-refractivity contribution is 7.13. The van der Waals surface area contributed by atoms with Crippen molar-refractivity contribution in [3.05, 3.63) is 41.2 Å². The van der Waals surface area contributed by atoms with Crippen molar-refractivity contribution >= 4 is 22.4 Å². The van der Waals surface area contributed by atoms with Crippen LogP contribution in [0.4, 0.5) is 5.13 Å². The first kappa shape index (κ1) is 15.1. The fourth-order valence-electron chi connectivity index (χ4n) is 2.56. The van der Waals surface area contributed by atoms with Crippen LogP contribution in [0.1, 0.15) is 35.8 Å². The predicted octanol–water partition coefficient (Wildman–Crippen LogP) is 3.02.